The van der Waals surface area contributed by atoms with Crippen molar-refractivity contribution in [1.29, 1.82) is 0 Å². The predicted molar refractivity (Wildman–Crippen MR) is 93.5 cm³/mol. The third kappa shape index (κ3) is 2.96. The van der Waals surface area contributed by atoms with Crippen LogP contribution in [0.15, 0.2) is 24.3 Å². The molecule has 1 heterocycles. The van der Waals surface area contributed by atoms with E-state index in [9.17, 15) is 0 Å². The van der Waals surface area contributed by atoms with Crippen molar-refractivity contribution >= 4 is 5.95 Å². The zero-order valence-corrected chi connectivity index (χ0v) is 13.9. The summed E-state index contributed by atoms with van der Waals surface area (Å²) in [7, 11) is 0. The molecule has 5 nitrogen and oxygen atoms in total. The Morgan fingerprint density at radius 1 is 1.12 bits per heavy atom. The number of aromatic amines is 1. The van der Waals surface area contributed by atoms with E-state index in [1.807, 2.05) is 0 Å². The van der Waals surface area contributed by atoms with E-state index in [4.69, 9.17) is 16.2 Å². The molecule has 2 aliphatic carbocycles. The smallest absolute Gasteiger partial charge is 0.390 e. The summed E-state index contributed by atoms with van der Waals surface area (Å²) in [6.07, 6.45) is 7.42. The van der Waals surface area contributed by atoms with Crippen molar-refractivity contribution in [1.82, 2.24) is 4.98 Å². The quantitative estimate of drug-likeness (QED) is 0.886. The highest BCUT2D eigenvalue weighted by molar-refractivity contribution is 5.69. The van der Waals surface area contributed by atoms with Crippen molar-refractivity contribution in [2.24, 2.45) is 5.73 Å². The molecule has 2 aromatic rings. The third-order valence-corrected chi connectivity index (χ3v) is 5.13. The number of aryl methyl sites for hydroxylation is 1. The minimum absolute atomic E-state index is 0.161. The summed E-state index contributed by atoms with van der Waals surface area (Å²) in [6, 6.07) is 8.69. The number of nitrogens with zero attached hydrogens (tertiary/aromatic N) is 1. The van der Waals surface area contributed by atoms with Gasteiger partial charge in [0.2, 0.25) is 0 Å². The molecule has 1 fully saturated rings. The molecular weight excluding hydrogens is 300 g/mol. The molecular formula is C19H25N4O+. The minimum atomic E-state index is 0.161. The minimum Gasteiger partial charge on any atom is -0.464 e. The Balaban J connectivity index is 1.73. The van der Waals surface area contributed by atoms with Crippen molar-refractivity contribution in [2.75, 3.05) is 5.73 Å². The first-order valence-corrected chi connectivity index (χ1v) is 8.93. The molecule has 5 heteroatoms. The average molecular weight is 325 g/mol. The van der Waals surface area contributed by atoms with Crippen LogP contribution in [0.1, 0.15) is 43.2 Å². The van der Waals surface area contributed by atoms with Crippen LogP contribution in [0, 0.1) is 0 Å². The van der Waals surface area contributed by atoms with Crippen LogP contribution in [-0.4, -0.2) is 17.1 Å². The molecule has 24 heavy (non-hydrogen) atoms. The van der Waals surface area contributed by atoms with Crippen molar-refractivity contribution in [3.05, 3.63) is 35.4 Å². The van der Waals surface area contributed by atoms with Gasteiger partial charge in [0.25, 0.3) is 5.88 Å². The van der Waals surface area contributed by atoms with Crippen LogP contribution in [0.2, 0.25) is 0 Å². The van der Waals surface area contributed by atoms with E-state index in [1.165, 1.54) is 11.1 Å². The van der Waals surface area contributed by atoms with Gasteiger partial charge in [0.05, 0.1) is 5.56 Å². The average Bonchev–Trinajstić information content (AvgIpc) is 2.75. The van der Waals surface area contributed by atoms with Crippen LogP contribution in [0.25, 0.3) is 11.3 Å². The Bertz CT molecular complexity index is 746. The maximum Gasteiger partial charge on any atom is 0.390 e. The Labute approximate surface area is 142 Å². The van der Waals surface area contributed by atoms with Crippen LogP contribution in [0.5, 0.6) is 5.88 Å². The molecule has 4 rings (SSSR count). The molecule has 2 atom stereocenters. The van der Waals surface area contributed by atoms with Gasteiger partial charge in [-0.3, -0.25) is 5.73 Å². The Kier molecular flexibility index (Phi) is 4.10. The Morgan fingerprint density at radius 2 is 2.00 bits per heavy atom. The van der Waals surface area contributed by atoms with Crippen LogP contribution in [0.4, 0.5) is 5.95 Å². The van der Waals surface area contributed by atoms with Crippen LogP contribution >= 0.6 is 0 Å². The summed E-state index contributed by atoms with van der Waals surface area (Å²) in [5.74, 6) is 1.19. The van der Waals surface area contributed by atoms with E-state index in [2.05, 4.69) is 34.2 Å². The Hall–Kier alpha value is -2.14. The molecule has 0 saturated heterocycles. The topological polar surface area (TPSA) is 88.3 Å². The van der Waals surface area contributed by atoms with E-state index in [1.54, 1.807) is 0 Å². The summed E-state index contributed by atoms with van der Waals surface area (Å²) < 4.78 is 6.32. The van der Waals surface area contributed by atoms with Crippen molar-refractivity contribution in [3.8, 4) is 17.1 Å². The molecule has 1 saturated carbocycles. The van der Waals surface area contributed by atoms with Crippen molar-refractivity contribution < 1.29 is 9.72 Å². The predicted octanol–water partition coefficient (Wildman–Crippen LogP) is 2.28. The molecule has 1 aromatic carbocycles. The molecule has 0 radical (unpaired) electrons. The van der Waals surface area contributed by atoms with Crippen LogP contribution < -0.4 is 21.2 Å². The van der Waals surface area contributed by atoms with E-state index >= 15 is 0 Å². The van der Waals surface area contributed by atoms with Gasteiger partial charge in [0.1, 0.15) is 6.10 Å². The number of fused-ring (bicyclic) bond motifs is 3. The molecule has 5 N–H and O–H groups in total. The summed E-state index contributed by atoms with van der Waals surface area (Å²) in [5, 5.41) is 0. The summed E-state index contributed by atoms with van der Waals surface area (Å²) in [5.41, 5.74) is 16.8. The number of H-pyrrole nitrogens is 1. The number of nitrogens with two attached hydrogens (primary N) is 2. The molecule has 2 unspecified atom stereocenters. The first-order valence-electron chi connectivity index (χ1n) is 8.93. The van der Waals surface area contributed by atoms with E-state index in [0.717, 1.165) is 62.1 Å². The van der Waals surface area contributed by atoms with Gasteiger partial charge in [-0.25, -0.2) is 4.98 Å². The monoisotopic (exact) mass is 325 g/mol. The van der Waals surface area contributed by atoms with Gasteiger partial charge in [-0.05, 0) is 50.5 Å². The number of hydrogen-bond acceptors (Lipinski definition) is 4. The lowest BCUT2D eigenvalue weighted by atomic mass is 9.93. The second kappa shape index (κ2) is 6.40. The molecule has 0 amide bonds. The number of hydrogen-bond donors (Lipinski definition) is 2. The lowest BCUT2D eigenvalue weighted by molar-refractivity contribution is -0.385. The number of aromatic nitrogens is 2. The van der Waals surface area contributed by atoms with Gasteiger partial charge >= 0.3 is 5.95 Å². The van der Waals surface area contributed by atoms with Gasteiger partial charge in [-0.15, -0.1) is 0 Å². The molecule has 0 bridgehead atoms. The number of anilines is 1. The van der Waals surface area contributed by atoms with E-state index in [0.29, 0.717) is 5.95 Å². The zero-order chi connectivity index (χ0) is 16.5. The molecule has 1 aromatic heterocycles. The summed E-state index contributed by atoms with van der Waals surface area (Å²) in [4.78, 5) is 7.76. The maximum absolute atomic E-state index is 6.32. The van der Waals surface area contributed by atoms with E-state index < -0.39 is 0 Å². The normalized spacial score (nSPS) is 23.0. The summed E-state index contributed by atoms with van der Waals surface area (Å²) >= 11 is 0. The van der Waals surface area contributed by atoms with Gasteiger partial charge in [-0.1, -0.05) is 29.2 Å². The largest absolute Gasteiger partial charge is 0.464 e. The second-order valence-electron chi connectivity index (χ2n) is 6.96. The molecule has 0 spiro atoms. The first-order chi connectivity index (χ1) is 11.7. The molecule has 0 aliphatic heterocycles. The zero-order valence-electron chi connectivity index (χ0n) is 13.9. The van der Waals surface area contributed by atoms with Gasteiger partial charge < -0.3 is 10.5 Å². The highest BCUT2D eigenvalue weighted by atomic mass is 16.5. The maximum atomic E-state index is 6.32. The molecule has 2 aliphatic rings. The standard InChI is InChI=1S/C19H24N4O/c20-13-7-4-8-14(11-13)24-18-16-10-3-6-12-5-1-2-9-15(12)17(16)22-19(21)23-18/h1-2,5,9,13-14H,3-4,6-8,10-11,20H2,(H2,21,22,23)/p+1. The van der Waals surface area contributed by atoms with Crippen LogP contribution in [-0.2, 0) is 12.8 Å². The fourth-order valence-electron chi connectivity index (χ4n) is 3.95. The third-order valence-electron chi connectivity index (χ3n) is 5.13. The number of nitrogen functional groups attached to an aromatic ring is 1. The fourth-order valence-corrected chi connectivity index (χ4v) is 3.95. The Morgan fingerprint density at radius 3 is 2.88 bits per heavy atom. The van der Waals surface area contributed by atoms with Gasteiger partial charge in [0.15, 0.2) is 5.69 Å². The molecule has 126 valence electrons. The number of nitrogens with one attached hydrogen (secondary N) is 1. The fraction of sp³-hybridized carbons (Fsp3) is 0.474. The highest BCUT2D eigenvalue weighted by Gasteiger charge is 2.28. The van der Waals surface area contributed by atoms with Gasteiger partial charge in [-0.2, -0.15) is 0 Å². The lowest BCUT2D eigenvalue weighted by Crippen LogP contribution is -2.35. The highest BCUT2D eigenvalue weighted by Crippen LogP contribution is 2.35. The van der Waals surface area contributed by atoms with E-state index in [-0.39, 0.29) is 12.1 Å². The second-order valence-corrected chi connectivity index (χ2v) is 6.96. The van der Waals surface area contributed by atoms with Crippen molar-refractivity contribution in [2.45, 2.75) is 57.1 Å². The van der Waals surface area contributed by atoms with Crippen molar-refractivity contribution in [3.63, 3.8) is 0 Å². The first kappa shape index (κ1) is 15.4. The lowest BCUT2D eigenvalue weighted by Gasteiger charge is -2.27. The summed E-state index contributed by atoms with van der Waals surface area (Å²) in [6.45, 7) is 0. The van der Waals surface area contributed by atoms with Gasteiger partial charge in [0, 0.05) is 11.6 Å². The number of ether oxygens (including phenoxy) is 1. The number of benzene rings is 1. The number of rotatable bonds is 2. The SMILES string of the molecule is Nc1nc2c(c(OC3CCCC(N)C3)[nH+]1)CCCc1ccccc1-2. The van der Waals surface area contributed by atoms with Crippen LogP contribution in [0.3, 0.4) is 0 Å².